The van der Waals surface area contributed by atoms with Gasteiger partial charge < -0.3 is 0 Å². The van der Waals surface area contributed by atoms with Crippen molar-refractivity contribution < 1.29 is 0 Å². The largest absolute Gasteiger partial charge is 0.289 e. The average molecular weight is 319 g/mol. The van der Waals surface area contributed by atoms with Crippen LogP contribution in [0.15, 0.2) is 49.1 Å². The van der Waals surface area contributed by atoms with Crippen LogP contribution < -0.4 is 22.4 Å². The van der Waals surface area contributed by atoms with E-state index in [1.165, 1.54) is 0 Å². The quantitative estimate of drug-likeness (QED) is 0.307. The van der Waals surface area contributed by atoms with E-state index in [1.807, 2.05) is 24.3 Å². The van der Waals surface area contributed by atoms with Gasteiger partial charge in [-0.25, -0.2) is 20.4 Å². The summed E-state index contributed by atoms with van der Waals surface area (Å²) in [6.07, 6.45) is 5.53. The number of aromatic nitrogens is 8. The maximum Gasteiger partial charge on any atom is 0.196 e. The second-order valence-electron chi connectivity index (χ2n) is 4.86. The van der Waals surface area contributed by atoms with E-state index in [4.69, 9.17) is 0 Å². The van der Waals surface area contributed by atoms with Crippen molar-refractivity contribution in [1.82, 2.24) is 40.8 Å². The Labute approximate surface area is 168 Å². The van der Waals surface area contributed by atoms with E-state index in [0.29, 0.717) is 0 Å². The number of hydrogen-bond donors (Lipinski definition) is 4. The second kappa shape index (κ2) is 6.34. The van der Waals surface area contributed by atoms with E-state index in [0.717, 1.165) is 22.4 Å². The van der Waals surface area contributed by atoms with Crippen molar-refractivity contribution in [3.05, 3.63) is 49.1 Å². The second-order valence-corrected chi connectivity index (χ2v) is 4.86. The smallest absolute Gasteiger partial charge is 0.196 e. The van der Waals surface area contributed by atoms with Gasteiger partial charge in [-0.2, -0.15) is 0 Å². The van der Waals surface area contributed by atoms with Gasteiger partial charge in [0.15, 0.2) is 6.15 Å². The predicted molar refractivity (Wildman–Crippen MR) is 85.8 cm³/mol. The zero-order valence-corrected chi connectivity index (χ0v) is 11.0. The van der Waals surface area contributed by atoms with Crippen molar-refractivity contribution in [2.24, 2.45) is 0 Å². The summed E-state index contributed by atoms with van der Waals surface area (Å²) in [6.45, 7) is 0. The predicted octanol–water partition coefficient (Wildman–Crippen LogP) is -2.69. The summed E-state index contributed by atoms with van der Waals surface area (Å²) >= 11 is 0. The molecule has 0 saturated heterocycles. The van der Waals surface area contributed by atoms with E-state index in [9.17, 15) is 0 Å². The summed E-state index contributed by atoms with van der Waals surface area (Å²) in [4.78, 5) is 0. The Hall–Kier alpha value is -1.46. The first-order valence-corrected chi connectivity index (χ1v) is 6.59. The molecule has 4 aromatic heterocycles. The maximum atomic E-state index is 4.40. The van der Waals surface area contributed by atoms with Crippen LogP contribution in [0.1, 0.15) is 0 Å². The fraction of sp³-hybridized carbons (Fsp3) is 0. The molecule has 0 aliphatic heterocycles. The van der Waals surface area contributed by atoms with Crippen molar-refractivity contribution in [3.63, 3.8) is 0 Å². The van der Waals surface area contributed by atoms with Gasteiger partial charge >= 0.3 is 51.4 Å². The molecule has 106 valence electrons. The first kappa shape index (κ1) is 15.4. The number of rotatable bonds is 4. The molecule has 0 bridgehead atoms. The first-order chi connectivity index (χ1) is 10.4. The summed E-state index contributed by atoms with van der Waals surface area (Å²) in [5.74, 6) is 0. The summed E-state index contributed by atoms with van der Waals surface area (Å²) in [6, 6.07) is 7.71. The van der Waals surface area contributed by atoms with Gasteiger partial charge in [-0.05, 0) is 0 Å². The van der Waals surface area contributed by atoms with Crippen LogP contribution in [0.2, 0.25) is 0 Å². The molecule has 10 heteroatoms. The van der Waals surface area contributed by atoms with E-state index in [2.05, 4.69) is 40.8 Å². The third-order valence-electron chi connectivity index (χ3n) is 3.86. The molecule has 22 heavy (non-hydrogen) atoms. The normalized spacial score (nSPS) is 11.3. The fourth-order valence-electron chi connectivity index (χ4n) is 2.96. The number of H-pyrrole nitrogens is 4. The number of aromatic amines is 4. The first-order valence-electron chi connectivity index (χ1n) is 6.59. The minimum atomic E-state index is -1.62. The van der Waals surface area contributed by atoms with Crippen LogP contribution in [0.25, 0.3) is 0 Å². The standard InChI is InChI=1S/C12H12BN8.K.H/c1-5-14-18-9(1)13(10-2-6-15-19-10,11-3-7-16-20-11)12-4-8-17-21-12;;/h1-8H,(H,14,18)(H,15,19)(H,16,20)(H,17,21);;/q-1;;. The molecule has 4 N–H and O–H groups in total. The van der Waals surface area contributed by atoms with Gasteiger partial charge in [0.25, 0.3) is 0 Å². The molecule has 0 aliphatic rings. The molecule has 0 aliphatic carbocycles. The molecule has 0 radical (unpaired) electrons. The third kappa shape index (κ3) is 2.23. The molecule has 4 rings (SSSR count). The van der Waals surface area contributed by atoms with E-state index in [1.54, 1.807) is 24.8 Å². The van der Waals surface area contributed by atoms with Crippen LogP contribution in [0.4, 0.5) is 0 Å². The Morgan fingerprint density at radius 3 is 1.00 bits per heavy atom. The van der Waals surface area contributed by atoms with E-state index < -0.39 is 6.15 Å². The molecule has 0 aromatic carbocycles. The molecule has 0 spiro atoms. The monoisotopic (exact) mass is 319 g/mol. The molecule has 8 nitrogen and oxygen atoms in total. The Kier molecular flexibility index (Phi) is 4.45. The van der Waals surface area contributed by atoms with Crippen molar-refractivity contribution in [3.8, 4) is 0 Å². The summed E-state index contributed by atoms with van der Waals surface area (Å²) in [7, 11) is 0. The van der Waals surface area contributed by atoms with Gasteiger partial charge in [0.1, 0.15) is 0 Å². The third-order valence-corrected chi connectivity index (χ3v) is 3.86. The molecular weight excluding hydrogens is 306 g/mol. The van der Waals surface area contributed by atoms with E-state index >= 15 is 0 Å². The van der Waals surface area contributed by atoms with Gasteiger partial charge in [-0.15, -0.1) is 0 Å². The average Bonchev–Trinajstić information content (AvgIpc) is 3.32. The van der Waals surface area contributed by atoms with Crippen LogP contribution in [0.3, 0.4) is 0 Å². The maximum absolute atomic E-state index is 4.40. The van der Waals surface area contributed by atoms with Crippen molar-refractivity contribution in [1.29, 1.82) is 0 Å². The zero-order valence-electron chi connectivity index (χ0n) is 11.0. The Morgan fingerprint density at radius 1 is 0.545 bits per heavy atom. The number of nitrogens with zero attached hydrogens (tertiary/aromatic N) is 4. The minimum Gasteiger partial charge on any atom is -0.289 e. The number of hydrogen-bond acceptors (Lipinski definition) is 4. The van der Waals surface area contributed by atoms with Crippen LogP contribution in [0, 0.1) is 0 Å². The molecule has 0 fully saturated rings. The van der Waals surface area contributed by atoms with Gasteiger partial charge in [0.05, 0.1) is 0 Å². The molecule has 0 atom stereocenters. The zero-order chi connectivity index (χ0) is 14.1. The van der Waals surface area contributed by atoms with Crippen LogP contribution in [0.5, 0.6) is 0 Å². The van der Waals surface area contributed by atoms with Gasteiger partial charge in [0.2, 0.25) is 0 Å². The van der Waals surface area contributed by atoms with Crippen LogP contribution >= 0.6 is 0 Å². The Balaban J connectivity index is 0.00000144. The van der Waals surface area contributed by atoms with Gasteiger partial charge in [-0.1, -0.05) is 46.6 Å². The Bertz CT molecular complexity index is 649. The summed E-state index contributed by atoms with van der Waals surface area (Å²) < 4.78 is 0. The molecule has 0 unspecified atom stereocenters. The molecule has 4 aromatic rings. The van der Waals surface area contributed by atoms with E-state index in [-0.39, 0.29) is 51.4 Å². The van der Waals surface area contributed by atoms with Crippen LogP contribution in [-0.4, -0.2) is 98.3 Å². The van der Waals surface area contributed by atoms with Crippen LogP contribution in [-0.2, 0) is 0 Å². The van der Waals surface area contributed by atoms with Gasteiger partial charge in [-0.3, -0.25) is 20.4 Å². The topological polar surface area (TPSA) is 115 Å². The molecule has 0 amide bonds. The molecular formula is C12H13BKN8-. The van der Waals surface area contributed by atoms with Crippen molar-refractivity contribution >= 4 is 79.9 Å². The summed E-state index contributed by atoms with van der Waals surface area (Å²) in [5, 5.41) is 29.1. The summed E-state index contributed by atoms with van der Waals surface area (Å²) in [5.41, 5.74) is 3.34. The van der Waals surface area contributed by atoms with Gasteiger partial charge in [0, 0.05) is 24.8 Å². The number of nitrogens with one attached hydrogen (secondary N) is 4. The fourth-order valence-corrected chi connectivity index (χ4v) is 2.96. The van der Waals surface area contributed by atoms with Crippen molar-refractivity contribution in [2.75, 3.05) is 0 Å². The minimum absolute atomic E-state index is 0. The molecule has 0 saturated carbocycles. The van der Waals surface area contributed by atoms with Crippen molar-refractivity contribution in [2.45, 2.75) is 0 Å². The molecule has 4 heterocycles. The SMILES string of the molecule is [KH].c1cc([B-](c2cc[nH]n2)(c2cc[nH]n2)c2cc[nH]n2)n[nH]1. The Morgan fingerprint density at radius 2 is 0.818 bits per heavy atom.